The van der Waals surface area contributed by atoms with Gasteiger partial charge in [-0.2, -0.15) is 0 Å². The molecule has 3 nitrogen and oxygen atoms in total. The third-order valence-corrected chi connectivity index (χ3v) is 2.59. The summed E-state index contributed by atoms with van der Waals surface area (Å²) in [5, 5.41) is 10.1. The van der Waals surface area contributed by atoms with Gasteiger partial charge in [-0.05, 0) is 24.3 Å². The van der Waals surface area contributed by atoms with E-state index in [1.807, 2.05) is 0 Å². The van der Waals surface area contributed by atoms with Gasteiger partial charge in [0.1, 0.15) is 6.61 Å². The molecule has 0 aromatic heterocycles. The van der Waals surface area contributed by atoms with Crippen molar-refractivity contribution in [3.05, 3.63) is 53.1 Å². The van der Waals surface area contributed by atoms with E-state index >= 15 is 0 Å². The number of para-hydroxylation sites is 2. The fraction of sp³-hybridized carbons (Fsp3) is 0.0769. The van der Waals surface area contributed by atoms with Gasteiger partial charge in [-0.1, -0.05) is 29.8 Å². The number of halogens is 1. The first-order valence-electron chi connectivity index (χ1n) is 5.11. The molecule has 0 saturated carbocycles. The molecule has 0 aliphatic heterocycles. The molecule has 2 aromatic rings. The van der Waals surface area contributed by atoms with Gasteiger partial charge in [0.2, 0.25) is 0 Å². The van der Waals surface area contributed by atoms with Gasteiger partial charge in [0, 0.05) is 16.3 Å². The summed E-state index contributed by atoms with van der Waals surface area (Å²) in [4.78, 5) is 0. The highest BCUT2D eigenvalue weighted by Crippen LogP contribution is 2.26. The van der Waals surface area contributed by atoms with Gasteiger partial charge in [0.25, 0.3) is 0 Å². The van der Waals surface area contributed by atoms with E-state index in [1.54, 1.807) is 42.5 Å². The SMILES string of the molecule is Nc1cc(Cl)ccc1COc1ccccc1O. The molecule has 2 aromatic carbocycles. The Labute approximate surface area is 104 Å². The zero-order chi connectivity index (χ0) is 12.3. The lowest BCUT2D eigenvalue weighted by Crippen LogP contribution is -2.00. The van der Waals surface area contributed by atoms with E-state index in [9.17, 15) is 5.11 Å². The monoisotopic (exact) mass is 249 g/mol. The van der Waals surface area contributed by atoms with Crippen molar-refractivity contribution in [2.75, 3.05) is 5.73 Å². The molecule has 88 valence electrons. The Morgan fingerprint density at radius 2 is 1.94 bits per heavy atom. The molecule has 4 heteroatoms. The van der Waals surface area contributed by atoms with Gasteiger partial charge in [-0.3, -0.25) is 0 Å². The van der Waals surface area contributed by atoms with E-state index in [-0.39, 0.29) is 5.75 Å². The van der Waals surface area contributed by atoms with Crippen LogP contribution in [0.5, 0.6) is 11.5 Å². The molecule has 0 atom stereocenters. The van der Waals surface area contributed by atoms with Crippen LogP contribution in [0.3, 0.4) is 0 Å². The highest BCUT2D eigenvalue weighted by Gasteiger charge is 2.04. The number of anilines is 1. The lowest BCUT2D eigenvalue weighted by Gasteiger charge is -2.09. The number of rotatable bonds is 3. The van der Waals surface area contributed by atoms with Gasteiger partial charge < -0.3 is 15.6 Å². The first-order valence-corrected chi connectivity index (χ1v) is 5.49. The number of nitrogen functional groups attached to an aromatic ring is 1. The second-order valence-electron chi connectivity index (χ2n) is 3.60. The number of ether oxygens (including phenoxy) is 1. The Kier molecular flexibility index (Phi) is 3.40. The Bertz CT molecular complexity index is 529. The van der Waals surface area contributed by atoms with Crippen LogP contribution in [-0.4, -0.2) is 5.11 Å². The minimum atomic E-state index is 0.111. The lowest BCUT2D eigenvalue weighted by atomic mass is 10.2. The van der Waals surface area contributed by atoms with Crippen molar-refractivity contribution in [2.24, 2.45) is 0 Å². The van der Waals surface area contributed by atoms with Crippen LogP contribution < -0.4 is 10.5 Å². The molecule has 0 amide bonds. The third kappa shape index (κ3) is 2.82. The maximum atomic E-state index is 9.52. The largest absolute Gasteiger partial charge is 0.504 e. The number of phenols is 1. The number of nitrogens with two attached hydrogens (primary N) is 1. The van der Waals surface area contributed by atoms with Crippen molar-refractivity contribution >= 4 is 17.3 Å². The minimum absolute atomic E-state index is 0.111. The van der Waals surface area contributed by atoms with Gasteiger partial charge in [-0.25, -0.2) is 0 Å². The molecular formula is C13H12ClNO2. The molecule has 0 spiro atoms. The Hall–Kier alpha value is -1.87. The van der Waals surface area contributed by atoms with Crippen LogP contribution in [0.1, 0.15) is 5.56 Å². The zero-order valence-electron chi connectivity index (χ0n) is 9.06. The van der Waals surface area contributed by atoms with Crippen LogP contribution in [0.25, 0.3) is 0 Å². The van der Waals surface area contributed by atoms with Gasteiger partial charge in [0.05, 0.1) is 0 Å². The zero-order valence-corrected chi connectivity index (χ0v) is 9.82. The maximum Gasteiger partial charge on any atom is 0.161 e. The van der Waals surface area contributed by atoms with E-state index < -0.39 is 0 Å². The molecule has 0 bridgehead atoms. The molecule has 0 aliphatic carbocycles. The molecule has 0 saturated heterocycles. The second-order valence-corrected chi connectivity index (χ2v) is 4.04. The summed E-state index contributed by atoms with van der Waals surface area (Å²) in [5.41, 5.74) is 7.20. The predicted molar refractivity (Wildman–Crippen MR) is 68.3 cm³/mol. The van der Waals surface area contributed by atoms with E-state index in [0.29, 0.717) is 23.1 Å². The van der Waals surface area contributed by atoms with Gasteiger partial charge in [-0.15, -0.1) is 0 Å². The van der Waals surface area contributed by atoms with E-state index in [2.05, 4.69) is 0 Å². The number of hydrogen-bond donors (Lipinski definition) is 2. The van der Waals surface area contributed by atoms with Crippen molar-refractivity contribution in [3.63, 3.8) is 0 Å². The lowest BCUT2D eigenvalue weighted by molar-refractivity contribution is 0.289. The highest BCUT2D eigenvalue weighted by molar-refractivity contribution is 6.30. The molecule has 17 heavy (non-hydrogen) atoms. The van der Waals surface area contributed by atoms with Gasteiger partial charge in [0.15, 0.2) is 11.5 Å². The standard InChI is InChI=1S/C13H12ClNO2/c14-10-6-5-9(11(15)7-10)8-17-13-4-2-1-3-12(13)16/h1-7,16H,8,15H2. The van der Waals surface area contributed by atoms with Crippen molar-refractivity contribution in [1.29, 1.82) is 0 Å². The van der Waals surface area contributed by atoms with Crippen LogP contribution >= 0.6 is 11.6 Å². The Morgan fingerprint density at radius 1 is 1.18 bits per heavy atom. The van der Waals surface area contributed by atoms with Crippen LogP contribution in [0.4, 0.5) is 5.69 Å². The van der Waals surface area contributed by atoms with Gasteiger partial charge >= 0.3 is 0 Å². The first kappa shape index (κ1) is 11.6. The fourth-order valence-electron chi connectivity index (χ4n) is 1.43. The van der Waals surface area contributed by atoms with Crippen LogP contribution in [0.2, 0.25) is 5.02 Å². The summed E-state index contributed by atoms with van der Waals surface area (Å²) >= 11 is 5.80. The molecule has 2 rings (SSSR count). The summed E-state index contributed by atoms with van der Waals surface area (Å²) in [6.45, 7) is 0.292. The van der Waals surface area contributed by atoms with Crippen LogP contribution in [0, 0.1) is 0 Å². The summed E-state index contributed by atoms with van der Waals surface area (Å²) in [6, 6.07) is 12.0. The molecule has 3 N–H and O–H groups in total. The molecular weight excluding hydrogens is 238 g/mol. The first-order chi connectivity index (χ1) is 8.16. The minimum Gasteiger partial charge on any atom is -0.504 e. The molecule has 0 aliphatic rings. The van der Waals surface area contributed by atoms with Crippen molar-refractivity contribution < 1.29 is 9.84 Å². The molecule has 0 unspecified atom stereocenters. The summed E-state index contributed by atoms with van der Waals surface area (Å²) in [7, 11) is 0. The van der Waals surface area contributed by atoms with Crippen LogP contribution in [-0.2, 0) is 6.61 Å². The van der Waals surface area contributed by atoms with Crippen molar-refractivity contribution in [2.45, 2.75) is 6.61 Å². The summed E-state index contributed by atoms with van der Waals surface area (Å²) < 4.78 is 5.47. The topological polar surface area (TPSA) is 55.5 Å². The molecule has 0 radical (unpaired) electrons. The predicted octanol–water partition coefficient (Wildman–Crippen LogP) is 3.21. The number of aromatic hydroxyl groups is 1. The van der Waals surface area contributed by atoms with E-state index in [1.165, 1.54) is 0 Å². The number of hydrogen-bond acceptors (Lipinski definition) is 3. The highest BCUT2D eigenvalue weighted by atomic mass is 35.5. The number of phenolic OH excluding ortho intramolecular Hbond substituents is 1. The van der Waals surface area contributed by atoms with Crippen molar-refractivity contribution in [3.8, 4) is 11.5 Å². The van der Waals surface area contributed by atoms with Crippen molar-refractivity contribution in [1.82, 2.24) is 0 Å². The third-order valence-electron chi connectivity index (χ3n) is 2.36. The maximum absolute atomic E-state index is 9.52. The summed E-state index contributed by atoms with van der Waals surface area (Å²) in [5.74, 6) is 0.543. The molecule has 0 heterocycles. The molecule has 0 fully saturated rings. The van der Waals surface area contributed by atoms with E-state index in [4.69, 9.17) is 22.1 Å². The average molecular weight is 250 g/mol. The normalized spacial score (nSPS) is 10.2. The Balaban J connectivity index is 2.10. The van der Waals surface area contributed by atoms with E-state index in [0.717, 1.165) is 5.56 Å². The second kappa shape index (κ2) is 4.97. The summed E-state index contributed by atoms with van der Waals surface area (Å²) in [6.07, 6.45) is 0. The average Bonchev–Trinajstić information content (AvgIpc) is 2.30. The fourth-order valence-corrected chi connectivity index (χ4v) is 1.61. The quantitative estimate of drug-likeness (QED) is 0.822. The number of benzene rings is 2. The van der Waals surface area contributed by atoms with Crippen LogP contribution in [0.15, 0.2) is 42.5 Å². The Morgan fingerprint density at radius 3 is 2.65 bits per heavy atom. The smallest absolute Gasteiger partial charge is 0.161 e.